The Kier molecular flexibility index (Phi) is 7.18. The third-order valence-electron chi connectivity index (χ3n) is 4.19. The SMILES string of the molecule is CCOP(=O)(Cc1ccc(C(=O)Nc2c(N)n(C)c(=O)n(C)c2=O)cc1)OCC. The van der Waals surface area contributed by atoms with Gasteiger partial charge in [0.1, 0.15) is 11.5 Å². The Hall–Kier alpha value is -2.68. The third-order valence-corrected chi connectivity index (χ3v) is 6.25. The van der Waals surface area contributed by atoms with Crippen molar-refractivity contribution in [1.29, 1.82) is 0 Å². The standard InChI is InChI=1S/C18H25N4O6P/c1-5-27-29(26,28-6-2)11-12-7-9-13(10-8-12)16(23)20-14-15(19)21(3)18(25)22(4)17(14)24/h7-10H,5-6,11,19H2,1-4H3,(H,20,23). The normalized spacial score (nSPS) is 11.4. The quantitative estimate of drug-likeness (QED) is 0.616. The van der Waals surface area contributed by atoms with E-state index in [1.54, 1.807) is 26.0 Å². The molecule has 1 amide bonds. The lowest BCUT2D eigenvalue weighted by Gasteiger charge is -2.17. The van der Waals surface area contributed by atoms with Gasteiger partial charge in [-0.25, -0.2) is 4.79 Å². The molecule has 0 bridgehead atoms. The highest BCUT2D eigenvalue weighted by Crippen LogP contribution is 2.51. The number of amides is 1. The lowest BCUT2D eigenvalue weighted by Crippen LogP contribution is -2.40. The first kappa shape index (κ1) is 22.6. The van der Waals surface area contributed by atoms with E-state index >= 15 is 0 Å². The minimum Gasteiger partial charge on any atom is -0.383 e. The molecule has 11 heteroatoms. The molecule has 0 aliphatic rings. The van der Waals surface area contributed by atoms with Crippen molar-refractivity contribution in [3.8, 4) is 0 Å². The summed E-state index contributed by atoms with van der Waals surface area (Å²) in [5, 5.41) is 2.45. The molecule has 1 heterocycles. The number of carbonyl (C=O) groups excluding carboxylic acids is 1. The molecule has 0 saturated heterocycles. The average Bonchev–Trinajstić information content (AvgIpc) is 2.69. The molecule has 0 atom stereocenters. The van der Waals surface area contributed by atoms with Crippen LogP contribution in [0.1, 0.15) is 29.8 Å². The molecule has 1 aromatic heterocycles. The molecule has 3 N–H and O–H groups in total. The molecule has 158 valence electrons. The first-order valence-corrected chi connectivity index (χ1v) is 10.7. The zero-order valence-corrected chi connectivity index (χ0v) is 17.7. The van der Waals surface area contributed by atoms with Crippen molar-refractivity contribution >= 4 is 25.0 Å². The molecular weight excluding hydrogens is 399 g/mol. The maximum atomic E-state index is 12.6. The van der Waals surface area contributed by atoms with Crippen LogP contribution >= 0.6 is 7.60 Å². The van der Waals surface area contributed by atoms with Gasteiger partial charge in [-0.2, -0.15) is 0 Å². The van der Waals surface area contributed by atoms with Gasteiger partial charge in [-0.3, -0.25) is 23.3 Å². The maximum absolute atomic E-state index is 12.6. The van der Waals surface area contributed by atoms with Crippen LogP contribution in [0.4, 0.5) is 11.5 Å². The van der Waals surface area contributed by atoms with Gasteiger partial charge in [0.2, 0.25) is 0 Å². The van der Waals surface area contributed by atoms with E-state index in [1.807, 2.05) is 0 Å². The number of nitrogen functional groups attached to an aromatic ring is 1. The number of hydrogen-bond acceptors (Lipinski definition) is 7. The lowest BCUT2D eigenvalue weighted by atomic mass is 10.1. The largest absolute Gasteiger partial charge is 0.383 e. The third kappa shape index (κ3) is 5.03. The van der Waals surface area contributed by atoms with E-state index in [9.17, 15) is 18.9 Å². The van der Waals surface area contributed by atoms with Crippen molar-refractivity contribution in [3.05, 3.63) is 56.2 Å². The van der Waals surface area contributed by atoms with Gasteiger partial charge in [0, 0.05) is 19.7 Å². The monoisotopic (exact) mass is 424 g/mol. The van der Waals surface area contributed by atoms with Gasteiger partial charge in [-0.1, -0.05) is 12.1 Å². The first-order chi connectivity index (χ1) is 13.6. The Bertz CT molecular complexity index is 1050. The Morgan fingerprint density at radius 1 is 1.07 bits per heavy atom. The lowest BCUT2D eigenvalue weighted by molar-refractivity contribution is 0.102. The number of carbonyl (C=O) groups is 1. The summed E-state index contributed by atoms with van der Waals surface area (Å²) in [6.45, 7) is 3.98. The second-order valence-electron chi connectivity index (χ2n) is 6.22. The van der Waals surface area contributed by atoms with Crippen LogP contribution in [0.25, 0.3) is 0 Å². The summed E-state index contributed by atoms with van der Waals surface area (Å²) in [4.78, 5) is 36.6. The molecule has 0 unspecified atom stereocenters. The van der Waals surface area contributed by atoms with Crippen LogP contribution in [-0.4, -0.2) is 28.3 Å². The van der Waals surface area contributed by atoms with E-state index in [4.69, 9.17) is 14.8 Å². The molecule has 29 heavy (non-hydrogen) atoms. The van der Waals surface area contributed by atoms with E-state index in [1.165, 1.54) is 26.2 Å². The maximum Gasteiger partial charge on any atom is 0.335 e. The summed E-state index contributed by atoms with van der Waals surface area (Å²) in [6.07, 6.45) is 0.0743. The zero-order chi connectivity index (χ0) is 21.8. The number of hydrogen-bond donors (Lipinski definition) is 2. The number of nitrogens with zero attached hydrogens (tertiary/aromatic N) is 2. The van der Waals surface area contributed by atoms with Crippen molar-refractivity contribution in [3.63, 3.8) is 0 Å². The summed E-state index contributed by atoms with van der Waals surface area (Å²) in [7, 11) is -0.563. The number of anilines is 2. The van der Waals surface area contributed by atoms with Crippen molar-refractivity contribution in [2.24, 2.45) is 14.1 Å². The van der Waals surface area contributed by atoms with E-state index in [0.29, 0.717) is 5.56 Å². The molecule has 0 radical (unpaired) electrons. The number of rotatable bonds is 8. The summed E-state index contributed by atoms with van der Waals surface area (Å²) in [5.41, 5.74) is 5.25. The molecule has 0 aliphatic heterocycles. The van der Waals surface area contributed by atoms with Crippen molar-refractivity contribution in [2.45, 2.75) is 20.0 Å². The van der Waals surface area contributed by atoms with Crippen LogP contribution in [-0.2, 0) is 33.9 Å². The number of nitrogens with one attached hydrogen (secondary N) is 1. The molecular formula is C18H25N4O6P. The molecule has 0 fully saturated rings. The van der Waals surface area contributed by atoms with Crippen LogP contribution in [0.15, 0.2) is 33.9 Å². The Labute approximate surface area is 167 Å². The molecule has 2 aromatic rings. The highest BCUT2D eigenvalue weighted by atomic mass is 31.2. The van der Waals surface area contributed by atoms with E-state index in [-0.39, 0.29) is 36.4 Å². The highest BCUT2D eigenvalue weighted by Gasteiger charge is 2.24. The Morgan fingerprint density at radius 2 is 1.62 bits per heavy atom. The van der Waals surface area contributed by atoms with Crippen molar-refractivity contribution < 1.29 is 18.4 Å². The van der Waals surface area contributed by atoms with Gasteiger partial charge < -0.3 is 20.1 Å². The minimum atomic E-state index is -3.26. The van der Waals surface area contributed by atoms with Crippen LogP contribution in [0, 0.1) is 0 Å². The van der Waals surface area contributed by atoms with Gasteiger partial charge >= 0.3 is 13.3 Å². The summed E-state index contributed by atoms with van der Waals surface area (Å²) in [5.74, 6) is -0.714. The van der Waals surface area contributed by atoms with Crippen LogP contribution < -0.4 is 22.3 Å². The van der Waals surface area contributed by atoms with Gasteiger partial charge in [0.15, 0.2) is 0 Å². The van der Waals surface area contributed by atoms with E-state index in [2.05, 4.69) is 5.32 Å². The number of nitrogens with two attached hydrogens (primary N) is 1. The second kappa shape index (κ2) is 9.21. The smallest absolute Gasteiger partial charge is 0.335 e. The minimum absolute atomic E-state index is 0.0743. The fourth-order valence-electron chi connectivity index (χ4n) is 2.67. The predicted molar refractivity (Wildman–Crippen MR) is 110 cm³/mol. The molecule has 0 spiro atoms. The first-order valence-electron chi connectivity index (χ1n) is 8.97. The predicted octanol–water partition coefficient (Wildman–Crippen LogP) is 1.68. The van der Waals surface area contributed by atoms with Crippen LogP contribution in [0.5, 0.6) is 0 Å². The van der Waals surface area contributed by atoms with Gasteiger partial charge in [0.05, 0.1) is 19.4 Å². The van der Waals surface area contributed by atoms with Crippen molar-refractivity contribution in [1.82, 2.24) is 9.13 Å². The number of aromatic nitrogens is 2. The molecule has 0 aliphatic carbocycles. The van der Waals surface area contributed by atoms with Crippen LogP contribution in [0.2, 0.25) is 0 Å². The Balaban J connectivity index is 2.23. The topological polar surface area (TPSA) is 135 Å². The zero-order valence-electron chi connectivity index (χ0n) is 16.8. The fourth-order valence-corrected chi connectivity index (χ4v) is 4.37. The molecule has 1 aromatic carbocycles. The second-order valence-corrected chi connectivity index (χ2v) is 8.28. The van der Waals surface area contributed by atoms with Gasteiger partial charge in [-0.05, 0) is 31.5 Å². The van der Waals surface area contributed by atoms with Crippen molar-refractivity contribution in [2.75, 3.05) is 24.3 Å². The average molecular weight is 424 g/mol. The molecule has 10 nitrogen and oxygen atoms in total. The van der Waals surface area contributed by atoms with E-state index < -0.39 is 24.8 Å². The molecule has 2 rings (SSSR count). The van der Waals surface area contributed by atoms with Crippen LogP contribution in [0.3, 0.4) is 0 Å². The molecule has 0 saturated carbocycles. The fraction of sp³-hybridized carbons (Fsp3) is 0.389. The summed E-state index contributed by atoms with van der Waals surface area (Å²) >= 11 is 0. The number of benzene rings is 1. The highest BCUT2D eigenvalue weighted by molar-refractivity contribution is 7.53. The van der Waals surface area contributed by atoms with Gasteiger partial charge in [-0.15, -0.1) is 0 Å². The van der Waals surface area contributed by atoms with Gasteiger partial charge in [0.25, 0.3) is 11.5 Å². The Morgan fingerprint density at radius 3 is 2.14 bits per heavy atom. The van der Waals surface area contributed by atoms with E-state index in [0.717, 1.165) is 9.13 Å². The summed E-state index contributed by atoms with van der Waals surface area (Å²) < 4.78 is 25.1. The summed E-state index contributed by atoms with van der Waals surface area (Å²) in [6, 6.07) is 6.30.